The number of carbonyl (C=O) groups is 21. The van der Waals surface area contributed by atoms with Gasteiger partial charge in [-0.15, -0.1) is 0 Å². The maximum absolute atomic E-state index is 15.6. The van der Waals surface area contributed by atoms with Crippen molar-refractivity contribution in [2.45, 2.75) is 280 Å². The Morgan fingerprint density at radius 2 is 1.07 bits per heavy atom. The van der Waals surface area contributed by atoms with Gasteiger partial charge in [0, 0.05) is 79.8 Å². The first-order chi connectivity index (χ1) is 71.1. The van der Waals surface area contributed by atoms with E-state index < -0.39 is 283 Å². The Morgan fingerprint density at radius 1 is 0.533 bits per heavy atom. The number of aromatic amines is 2. The van der Waals surface area contributed by atoms with Gasteiger partial charge in [0.1, 0.15) is 101 Å². The van der Waals surface area contributed by atoms with Crippen molar-refractivity contribution < 1.29 is 121 Å². The van der Waals surface area contributed by atoms with Crippen LogP contribution in [-0.4, -0.2) is 288 Å². The van der Waals surface area contributed by atoms with Gasteiger partial charge in [-0.1, -0.05) is 119 Å². The number of benzene rings is 4. The van der Waals surface area contributed by atoms with Gasteiger partial charge in [0.2, 0.25) is 112 Å². The van der Waals surface area contributed by atoms with Crippen LogP contribution in [0.25, 0.3) is 21.8 Å². The van der Waals surface area contributed by atoms with E-state index in [1.165, 1.54) is 69.0 Å². The van der Waals surface area contributed by atoms with Gasteiger partial charge in [0.05, 0.1) is 25.5 Å². The highest BCUT2D eigenvalue weighted by atomic mass is 32.2. The van der Waals surface area contributed by atoms with Crippen molar-refractivity contribution in [1.82, 2.24) is 106 Å². The van der Waals surface area contributed by atoms with E-state index in [4.69, 9.17) is 11.5 Å². The molecule has 0 saturated carbocycles. The Bertz CT molecular complexity index is 5840. The molecule has 150 heavy (non-hydrogen) atoms. The molecule has 0 radical (unpaired) electrons. The smallest absolute Gasteiger partial charge is 0.329 e. The van der Waals surface area contributed by atoms with Crippen molar-refractivity contribution in [2.24, 2.45) is 23.3 Å². The number of aliphatic hydroxyl groups is 1. The Hall–Kier alpha value is -15.4. The third-order valence-electron chi connectivity index (χ3n) is 25.3. The first-order valence-electron chi connectivity index (χ1n) is 49.7. The third-order valence-corrected chi connectivity index (χ3v) is 26.0. The number of phenolic OH excluding ortho intramolecular Hbond substituents is 1. The van der Waals surface area contributed by atoms with Gasteiger partial charge < -0.3 is 138 Å². The molecular formula is C102H140N22O25S. The summed E-state index contributed by atoms with van der Waals surface area (Å²) in [6, 6.07) is 4.37. The van der Waals surface area contributed by atoms with Crippen LogP contribution in [0.5, 0.6) is 5.75 Å². The van der Waals surface area contributed by atoms with Crippen LogP contribution >= 0.6 is 11.8 Å². The van der Waals surface area contributed by atoms with Crippen LogP contribution in [0.2, 0.25) is 0 Å². The molecule has 2 aliphatic rings. The number of H-pyrrole nitrogens is 2. The van der Waals surface area contributed by atoms with Crippen LogP contribution in [0.1, 0.15) is 174 Å². The van der Waals surface area contributed by atoms with Crippen molar-refractivity contribution >= 4 is 158 Å². The summed E-state index contributed by atoms with van der Waals surface area (Å²) in [5.74, 6) is -23.4. The SMILES string of the molecule is CSCC[C@@H]1NC(=O)[C@H](CC(N)=O)NC(=O)[C@@H]2CC(=O)NCCCC[C@H](NC(=O)[C@H](Cc3c[nH]c4ccccc34)NC(=O)[C@@H](NC(=O)[C@H](CCCCN)NC(=O)[C@H](Cc3ccc(O)cc3)NC(=O)[C@H](CC(C)C)NC(=O)[C@H](Cc3c[nH]c4ccccc34)NC(=O)[C@H](CCC(=O)O)NC(=O)[C@@H](NC(=O)CNC(C)=O)[C@@H](C)O)C(C)C)C(=O)N[C@@H](C)C(=O)N[C@@H](Cc3ccccc3)C(=O)N[C@@](C)(C/C=C/C[C@@](C)(C(=O)O)NC1=O)C(=O)N2. The summed E-state index contributed by atoms with van der Waals surface area (Å²) >= 11 is 1.27. The van der Waals surface area contributed by atoms with Crippen LogP contribution in [0, 0.1) is 11.8 Å². The number of aromatic nitrogens is 2. The number of carbonyl (C=O) groups excluding carboxylic acids is 19. The van der Waals surface area contributed by atoms with E-state index in [0.29, 0.717) is 50.5 Å². The van der Waals surface area contributed by atoms with Gasteiger partial charge in [0.25, 0.3) is 0 Å². The molecule has 814 valence electrons. The number of hydrogen-bond donors (Lipinski definition) is 26. The molecule has 0 spiro atoms. The summed E-state index contributed by atoms with van der Waals surface area (Å²) in [6.07, 6.45) is 0.245. The molecule has 17 atom stereocenters. The first kappa shape index (κ1) is 120. The van der Waals surface area contributed by atoms with Gasteiger partial charge in [-0.2, -0.15) is 11.8 Å². The van der Waals surface area contributed by atoms with Crippen LogP contribution in [0.3, 0.4) is 0 Å². The van der Waals surface area contributed by atoms with Crippen molar-refractivity contribution in [3.05, 3.63) is 150 Å². The second-order valence-electron chi connectivity index (χ2n) is 38.7. The third kappa shape index (κ3) is 37.2. The monoisotopic (exact) mass is 2110 g/mol. The van der Waals surface area contributed by atoms with Gasteiger partial charge in [0.15, 0.2) is 0 Å². The van der Waals surface area contributed by atoms with Gasteiger partial charge in [-0.3, -0.25) is 95.9 Å². The molecule has 1 saturated heterocycles. The average molecular weight is 2110 g/mol. The number of fused-ring (bicyclic) bond motifs is 5. The molecular weight excluding hydrogens is 1970 g/mol. The number of nitrogens with two attached hydrogens (primary N) is 2. The zero-order valence-corrected chi connectivity index (χ0v) is 86.2. The molecule has 2 aliphatic heterocycles. The minimum Gasteiger partial charge on any atom is -0.508 e. The lowest BCUT2D eigenvalue weighted by atomic mass is 9.92. The summed E-state index contributed by atoms with van der Waals surface area (Å²) in [7, 11) is 0. The van der Waals surface area contributed by atoms with E-state index in [2.05, 4.69) is 106 Å². The van der Waals surface area contributed by atoms with Crippen molar-refractivity contribution in [2.75, 3.05) is 31.6 Å². The largest absolute Gasteiger partial charge is 0.508 e. The van der Waals surface area contributed by atoms with Gasteiger partial charge >= 0.3 is 11.9 Å². The molecule has 4 aromatic carbocycles. The average Bonchev–Trinajstić information content (AvgIpc) is 1.79. The molecule has 1 fully saturated rings. The van der Waals surface area contributed by atoms with E-state index in [1.807, 2.05) is 0 Å². The Balaban J connectivity index is 1.09. The second-order valence-corrected chi connectivity index (χ2v) is 39.6. The van der Waals surface area contributed by atoms with Crippen LogP contribution in [0.4, 0.5) is 0 Å². The van der Waals surface area contributed by atoms with E-state index >= 15 is 43.2 Å². The minimum atomic E-state index is -2.23. The molecule has 28 N–H and O–H groups in total. The molecule has 6 aromatic rings. The lowest BCUT2D eigenvalue weighted by Crippen LogP contribution is -2.64. The fourth-order valence-electron chi connectivity index (χ4n) is 16.7. The number of aromatic hydroxyl groups is 1. The number of carboxylic acids is 2. The summed E-state index contributed by atoms with van der Waals surface area (Å²) < 4.78 is 0. The number of thioether (sulfide) groups is 1. The Kier molecular flexibility index (Phi) is 46.2. The number of rotatable bonds is 44. The summed E-state index contributed by atoms with van der Waals surface area (Å²) in [5.41, 5.74) is 10.3. The van der Waals surface area contributed by atoms with E-state index in [-0.39, 0.29) is 95.2 Å². The minimum absolute atomic E-state index is 0.000341. The van der Waals surface area contributed by atoms with Crippen molar-refractivity contribution in [1.29, 1.82) is 0 Å². The topological polar surface area (TPSA) is 740 Å². The zero-order chi connectivity index (χ0) is 110. The fourth-order valence-corrected chi connectivity index (χ4v) is 17.2. The number of phenols is 1. The molecule has 0 unspecified atom stereocenters. The normalized spacial score (nSPS) is 20.9. The molecule has 19 amide bonds. The van der Waals surface area contributed by atoms with E-state index in [1.54, 1.807) is 125 Å². The molecule has 2 aromatic heterocycles. The predicted octanol–water partition coefficient (Wildman–Crippen LogP) is -1.85. The predicted molar refractivity (Wildman–Crippen MR) is 550 cm³/mol. The summed E-state index contributed by atoms with van der Waals surface area (Å²) in [5, 5.41) is 89.2. The molecule has 0 aliphatic carbocycles. The Morgan fingerprint density at radius 3 is 1.65 bits per heavy atom. The summed E-state index contributed by atoms with van der Waals surface area (Å²) in [4.78, 5) is 307. The molecule has 4 heterocycles. The van der Waals surface area contributed by atoms with E-state index in [0.717, 1.165) is 13.8 Å². The maximum Gasteiger partial charge on any atom is 0.329 e. The number of amides is 19. The first-order valence-corrected chi connectivity index (χ1v) is 51.0. The number of aliphatic hydroxyl groups excluding tert-OH is 1. The number of nitrogens with one attached hydrogen (secondary N) is 20. The zero-order valence-electron chi connectivity index (χ0n) is 85.4. The molecule has 2 bridgehead atoms. The quantitative estimate of drug-likeness (QED) is 0.0147. The standard InChI is InChI=1S/C102H140N22O25S/c1-54(2)44-72(115-92(140)75(47-61-51-107-66-28-16-14-26-64(61)66)117-87(135)70(36-37-82(131)132)113-98(146)84(57(6)125)121-81(130)53-106-58(7)126)89(137)116-73(46-60-32-34-63(127)35-33-60)90(138)111-69(30-18-22-41-103)88(136)122-83(55(3)4)97(145)119-76(48-62-52-108-67-29-17-15-27-65(62)67)91(139)110-68-31-19-23-42-105-80(129)50-78-94(142)118-77(49-79(104)128)93(141)112-71(38-43-150-10)95(143)124-102(9,100(148)149)40-21-20-39-101(8,99(147)120-78)123-96(144)74(45-59-24-12-11-13-25-59)114-85(133)56(5)109-86(68)134/h11-17,20-21,24-29,32-35,51-52,54-57,68-78,83-84,107-108,125,127H,18-19,22-23,30-31,36-50,53,103H2,1-10H3,(H2,104,128)(H,105,129)(H,106,126)(H,109,134)(H,110,139)(H,111,138)(H,112,141)(H,113,146)(H,114,133)(H,115,140)(H,116,137)(H,117,135)(H,118,142)(H,119,145)(H,120,147)(H,121,130)(H,122,136)(H,123,144)(H,124,143)(H,131,132)(H,148,149)/b21-20+/t56-,57+,68-,69-,70-,71-,72-,73-,74-,75-,76-,77-,78-,83-,84-,101-,102-/m0/s1. The number of unbranched alkanes of at least 4 members (excludes halogenated alkanes) is 1. The lowest BCUT2D eigenvalue weighted by molar-refractivity contribution is -0.147. The number of para-hydroxylation sites is 2. The number of carboxylic acid groups (broad SMARTS) is 2. The molecule has 8 rings (SSSR count). The lowest BCUT2D eigenvalue weighted by Gasteiger charge is -2.33. The molecule has 47 nitrogen and oxygen atoms in total. The highest BCUT2D eigenvalue weighted by Gasteiger charge is 2.45. The van der Waals surface area contributed by atoms with Gasteiger partial charge in [-0.25, -0.2) is 4.79 Å². The Labute approximate surface area is 870 Å². The number of hydrogen-bond acceptors (Lipinski definition) is 25. The maximum atomic E-state index is 15.6. The van der Waals surface area contributed by atoms with Crippen LogP contribution in [-0.2, 0) is 126 Å². The highest BCUT2D eigenvalue weighted by molar-refractivity contribution is 7.98. The number of primary amides is 1. The highest BCUT2D eigenvalue weighted by Crippen LogP contribution is 2.26. The molecule has 48 heteroatoms. The van der Waals surface area contributed by atoms with Crippen molar-refractivity contribution in [3.63, 3.8) is 0 Å². The number of aliphatic carboxylic acids is 2. The van der Waals surface area contributed by atoms with Gasteiger partial charge in [-0.05, 0) is 175 Å². The van der Waals surface area contributed by atoms with Crippen LogP contribution in [0.15, 0.2) is 128 Å². The van der Waals surface area contributed by atoms with Crippen LogP contribution < -0.4 is 107 Å². The van der Waals surface area contributed by atoms with E-state index in [9.17, 15) is 78.0 Å². The second kappa shape index (κ2) is 57.8. The van der Waals surface area contributed by atoms with Crippen molar-refractivity contribution in [3.8, 4) is 5.75 Å². The fraction of sp³-hybridized carbons (Fsp3) is 0.500. The summed E-state index contributed by atoms with van der Waals surface area (Å²) in [6.45, 7) is 11.8.